The first-order chi connectivity index (χ1) is 15.3. The average molecular weight is 414 g/mol. The van der Waals surface area contributed by atoms with Gasteiger partial charge in [0.15, 0.2) is 23.3 Å². The number of rotatable bonds is 5. The van der Waals surface area contributed by atoms with Crippen molar-refractivity contribution in [2.75, 3.05) is 13.7 Å². The van der Waals surface area contributed by atoms with Crippen LogP contribution in [0, 0.1) is 0 Å². The fourth-order valence-corrected chi connectivity index (χ4v) is 4.04. The molecule has 0 spiro atoms. The van der Waals surface area contributed by atoms with Crippen LogP contribution in [0.2, 0.25) is 0 Å². The summed E-state index contributed by atoms with van der Waals surface area (Å²) in [6.07, 6.45) is 7.76. The van der Waals surface area contributed by atoms with Crippen molar-refractivity contribution in [2.45, 2.75) is 31.4 Å². The van der Waals surface area contributed by atoms with Crippen LogP contribution in [0.4, 0.5) is 0 Å². The van der Waals surface area contributed by atoms with E-state index in [1.54, 1.807) is 19.6 Å². The largest absolute Gasteiger partial charge is 0.493 e. The van der Waals surface area contributed by atoms with Crippen molar-refractivity contribution in [2.24, 2.45) is 0 Å². The third kappa shape index (κ3) is 3.36. The first-order valence-electron chi connectivity index (χ1n) is 10.5. The zero-order valence-corrected chi connectivity index (χ0v) is 17.2. The standard InChI is InChI=1S/C24H22N4O3/c1-29-20-9-15(12-28-14-27-19-3-2-8-25-24(19)28)10-21-23(20)31-22(13-30-21)17-6-7-18(26-11-17)16-4-5-16/h2-3,6-11,14,16,22H,4-5,12-13H2,1H3/t22-/m1/s1. The molecule has 0 amide bonds. The smallest absolute Gasteiger partial charge is 0.204 e. The third-order valence-electron chi connectivity index (χ3n) is 5.85. The van der Waals surface area contributed by atoms with Gasteiger partial charge in [-0.05, 0) is 48.7 Å². The summed E-state index contributed by atoms with van der Waals surface area (Å²) in [7, 11) is 1.65. The Balaban J connectivity index is 1.27. The molecular formula is C24H22N4O3. The van der Waals surface area contributed by atoms with Gasteiger partial charge in [-0.1, -0.05) is 6.07 Å². The molecule has 1 saturated carbocycles. The van der Waals surface area contributed by atoms with Gasteiger partial charge in [-0.2, -0.15) is 0 Å². The summed E-state index contributed by atoms with van der Waals surface area (Å²) in [5.74, 6) is 2.60. The summed E-state index contributed by atoms with van der Waals surface area (Å²) in [5.41, 5.74) is 4.93. The fraction of sp³-hybridized carbons (Fsp3) is 0.292. The molecule has 31 heavy (non-hydrogen) atoms. The number of aromatic nitrogens is 4. The summed E-state index contributed by atoms with van der Waals surface area (Å²) < 4.78 is 20.0. The predicted octanol–water partition coefficient (Wildman–Crippen LogP) is 4.27. The van der Waals surface area contributed by atoms with Crippen LogP contribution in [0.5, 0.6) is 17.2 Å². The number of nitrogens with zero attached hydrogens (tertiary/aromatic N) is 4. The van der Waals surface area contributed by atoms with Gasteiger partial charge < -0.3 is 18.8 Å². The molecule has 1 fully saturated rings. The van der Waals surface area contributed by atoms with E-state index in [0.29, 0.717) is 36.3 Å². The number of pyridine rings is 2. The van der Waals surface area contributed by atoms with Crippen LogP contribution in [0.15, 0.2) is 55.1 Å². The minimum Gasteiger partial charge on any atom is -0.493 e. The van der Waals surface area contributed by atoms with Crippen LogP contribution in [0.25, 0.3) is 11.2 Å². The van der Waals surface area contributed by atoms with Crippen LogP contribution < -0.4 is 14.2 Å². The van der Waals surface area contributed by atoms with Crippen molar-refractivity contribution in [3.8, 4) is 17.2 Å². The fourth-order valence-electron chi connectivity index (χ4n) is 4.04. The van der Waals surface area contributed by atoms with Gasteiger partial charge in [0.1, 0.15) is 12.1 Å². The lowest BCUT2D eigenvalue weighted by atomic mass is 10.1. The highest BCUT2D eigenvalue weighted by Gasteiger charge is 2.28. The van der Waals surface area contributed by atoms with Gasteiger partial charge in [0, 0.05) is 29.6 Å². The van der Waals surface area contributed by atoms with Gasteiger partial charge in [-0.25, -0.2) is 9.97 Å². The zero-order chi connectivity index (χ0) is 20.8. The second-order valence-corrected chi connectivity index (χ2v) is 8.05. The van der Waals surface area contributed by atoms with Crippen LogP contribution >= 0.6 is 0 Å². The molecule has 7 heteroatoms. The van der Waals surface area contributed by atoms with Crippen molar-refractivity contribution < 1.29 is 14.2 Å². The number of fused-ring (bicyclic) bond motifs is 2. The molecule has 2 aliphatic rings. The Morgan fingerprint density at radius 2 is 2.06 bits per heavy atom. The van der Waals surface area contributed by atoms with Gasteiger partial charge in [0.05, 0.1) is 20.0 Å². The van der Waals surface area contributed by atoms with E-state index in [4.69, 9.17) is 14.2 Å². The topological polar surface area (TPSA) is 71.3 Å². The van der Waals surface area contributed by atoms with Gasteiger partial charge in [0.25, 0.3) is 0 Å². The Hall–Kier alpha value is -3.61. The van der Waals surface area contributed by atoms with Crippen LogP contribution in [-0.4, -0.2) is 33.2 Å². The first-order valence-corrected chi connectivity index (χ1v) is 10.5. The molecule has 0 bridgehead atoms. The molecule has 1 aliphatic carbocycles. The van der Waals surface area contributed by atoms with Crippen LogP contribution in [0.1, 0.15) is 41.7 Å². The number of hydrogen-bond donors (Lipinski definition) is 0. The van der Waals surface area contributed by atoms with E-state index in [9.17, 15) is 0 Å². The van der Waals surface area contributed by atoms with Gasteiger partial charge >= 0.3 is 0 Å². The van der Waals surface area contributed by atoms with E-state index >= 15 is 0 Å². The van der Waals surface area contributed by atoms with Gasteiger partial charge in [-0.3, -0.25) is 4.98 Å². The Bertz CT molecular complexity index is 1230. The van der Waals surface area contributed by atoms with Gasteiger partial charge in [0.2, 0.25) is 5.75 Å². The molecule has 156 valence electrons. The van der Waals surface area contributed by atoms with Crippen molar-refractivity contribution in [1.82, 2.24) is 19.5 Å². The Kier molecular flexibility index (Phi) is 4.26. The lowest BCUT2D eigenvalue weighted by molar-refractivity contribution is 0.0867. The van der Waals surface area contributed by atoms with E-state index in [1.807, 2.05) is 35.0 Å². The normalized spacial score (nSPS) is 17.6. The molecule has 4 aromatic rings. The molecule has 1 atom stereocenters. The highest BCUT2D eigenvalue weighted by Crippen LogP contribution is 2.45. The number of benzene rings is 1. The molecule has 0 N–H and O–H groups in total. The monoisotopic (exact) mass is 414 g/mol. The van der Waals surface area contributed by atoms with Crippen molar-refractivity contribution in [1.29, 1.82) is 0 Å². The number of methoxy groups -OCH3 is 1. The van der Waals surface area contributed by atoms with Crippen LogP contribution in [-0.2, 0) is 6.54 Å². The molecule has 7 nitrogen and oxygen atoms in total. The second kappa shape index (κ2) is 7.27. The second-order valence-electron chi connectivity index (χ2n) is 8.05. The Labute approximate surface area is 179 Å². The minimum atomic E-state index is -0.213. The molecule has 6 rings (SSSR count). The average Bonchev–Trinajstić information content (AvgIpc) is 3.60. The van der Waals surface area contributed by atoms with E-state index in [2.05, 4.69) is 27.1 Å². The highest BCUT2D eigenvalue weighted by atomic mass is 16.6. The number of ether oxygens (including phenoxy) is 3. The van der Waals surface area contributed by atoms with E-state index in [0.717, 1.165) is 22.3 Å². The molecule has 3 aromatic heterocycles. The van der Waals surface area contributed by atoms with E-state index < -0.39 is 0 Å². The van der Waals surface area contributed by atoms with E-state index in [-0.39, 0.29) is 6.10 Å². The number of imidazole rings is 1. The maximum Gasteiger partial charge on any atom is 0.204 e. The third-order valence-corrected chi connectivity index (χ3v) is 5.85. The zero-order valence-electron chi connectivity index (χ0n) is 17.2. The van der Waals surface area contributed by atoms with Gasteiger partial charge in [-0.15, -0.1) is 0 Å². The maximum absolute atomic E-state index is 6.29. The van der Waals surface area contributed by atoms with Crippen molar-refractivity contribution in [3.63, 3.8) is 0 Å². The minimum absolute atomic E-state index is 0.213. The molecule has 0 unspecified atom stereocenters. The quantitative estimate of drug-likeness (QED) is 0.486. The molecular weight excluding hydrogens is 392 g/mol. The molecule has 0 radical (unpaired) electrons. The van der Waals surface area contributed by atoms with Crippen molar-refractivity contribution in [3.05, 3.63) is 71.9 Å². The van der Waals surface area contributed by atoms with Crippen LogP contribution in [0.3, 0.4) is 0 Å². The lowest BCUT2D eigenvalue weighted by Crippen LogP contribution is -2.22. The highest BCUT2D eigenvalue weighted by molar-refractivity contribution is 5.70. The Morgan fingerprint density at radius 3 is 2.87 bits per heavy atom. The lowest BCUT2D eigenvalue weighted by Gasteiger charge is -2.28. The summed E-state index contributed by atoms with van der Waals surface area (Å²) in [5, 5.41) is 0. The van der Waals surface area contributed by atoms with E-state index in [1.165, 1.54) is 18.5 Å². The van der Waals surface area contributed by atoms with Crippen molar-refractivity contribution >= 4 is 11.2 Å². The summed E-state index contributed by atoms with van der Waals surface area (Å²) >= 11 is 0. The first kappa shape index (κ1) is 18.2. The predicted molar refractivity (Wildman–Crippen MR) is 115 cm³/mol. The summed E-state index contributed by atoms with van der Waals surface area (Å²) in [6, 6.07) is 12.0. The number of hydrogen-bond acceptors (Lipinski definition) is 6. The molecule has 1 aromatic carbocycles. The molecule has 0 saturated heterocycles. The Morgan fingerprint density at radius 1 is 1.13 bits per heavy atom. The maximum atomic E-state index is 6.29. The molecule has 1 aliphatic heterocycles. The summed E-state index contributed by atoms with van der Waals surface area (Å²) in [6.45, 7) is 1.04. The summed E-state index contributed by atoms with van der Waals surface area (Å²) in [4.78, 5) is 13.5. The SMILES string of the molecule is COc1cc(Cn2cnc3cccnc32)cc2c1O[C@@H](c1ccc(C3CC3)nc1)CO2. The molecule has 4 heterocycles.